The zero-order chi connectivity index (χ0) is 9.23. The topological polar surface area (TPSA) is 52.3 Å². The van der Waals surface area contributed by atoms with Crippen LogP contribution in [-0.4, -0.2) is 12.7 Å². The number of carbonyl (C=O) groups is 1. The van der Waals surface area contributed by atoms with Crippen LogP contribution in [0, 0.1) is 0 Å². The summed E-state index contributed by atoms with van der Waals surface area (Å²) in [5.41, 5.74) is 4.74. The van der Waals surface area contributed by atoms with Gasteiger partial charge in [0.05, 0.1) is 0 Å². The number of primary amides is 1. The minimum absolute atomic E-state index is 0.242. The van der Waals surface area contributed by atoms with Gasteiger partial charge in [-0.2, -0.15) is 0 Å². The molecule has 0 aliphatic heterocycles. The number of unbranched alkanes of at least 4 members (excludes halogenated alkanes) is 1. The van der Waals surface area contributed by atoms with Crippen LogP contribution in [0.1, 0.15) is 19.8 Å². The van der Waals surface area contributed by atoms with E-state index in [2.05, 4.69) is 17.7 Å². The highest BCUT2D eigenvalue weighted by atomic mass is 16.5. The molecule has 0 aromatic carbocycles. The maximum atomic E-state index is 10.1. The molecule has 0 radical (unpaired) electrons. The van der Waals surface area contributed by atoms with Gasteiger partial charge >= 0.3 is 6.09 Å². The Morgan fingerprint density at radius 3 is 2.67 bits per heavy atom. The van der Waals surface area contributed by atoms with Crippen molar-refractivity contribution < 1.29 is 9.53 Å². The third kappa shape index (κ3) is 8.75. The molecular weight excluding hydrogens is 154 g/mol. The lowest BCUT2D eigenvalue weighted by atomic mass is 10.3. The number of allylic oxidation sites excluding steroid dienone is 3. The molecule has 0 atom stereocenters. The maximum absolute atomic E-state index is 10.1. The van der Waals surface area contributed by atoms with Crippen LogP contribution in [0.2, 0.25) is 0 Å². The number of nitrogens with two attached hydrogens (primary N) is 1. The van der Waals surface area contributed by atoms with Gasteiger partial charge in [-0.3, -0.25) is 0 Å². The van der Waals surface area contributed by atoms with Crippen LogP contribution in [0.3, 0.4) is 0 Å². The minimum Gasteiger partial charge on any atom is -0.445 e. The molecule has 0 bridgehead atoms. The van der Waals surface area contributed by atoms with Gasteiger partial charge in [0.1, 0.15) is 6.61 Å². The zero-order valence-electron chi connectivity index (χ0n) is 7.32. The standard InChI is InChI=1S/C9H15NO2/c1-2-3-4-5-6-7-8-12-9(10)11/h4-7H,2-3,8H2,1H3,(H2,10,11)/b5-4+,7-6+. The number of amides is 1. The Labute approximate surface area is 72.9 Å². The van der Waals surface area contributed by atoms with E-state index in [-0.39, 0.29) is 6.61 Å². The number of rotatable bonds is 5. The fourth-order valence-corrected chi connectivity index (χ4v) is 0.606. The number of hydrogen-bond acceptors (Lipinski definition) is 2. The zero-order valence-corrected chi connectivity index (χ0v) is 7.32. The quantitative estimate of drug-likeness (QED) is 0.640. The Morgan fingerprint density at radius 1 is 1.42 bits per heavy atom. The van der Waals surface area contributed by atoms with Crippen LogP contribution in [0.5, 0.6) is 0 Å². The first-order valence-electron chi connectivity index (χ1n) is 4.01. The summed E-state index contributed by atoms with van der Waals surface area (Å²) in [6.07, 6.45) is 9.02. The van der Waals surface area contributed by atoms with Gasteiger partial charge in [-0.15, -0.1) is 0 Å². The molecule has 0 saturated carbocycles. The van der Waals surface area contributed by atoms with Gasteiger partial charge in [-0.25, -0.2) is 4.79 Å². The van der Waals surface area contributed by atoms with Crippen LogP contribution in [0.4, 0.5) is 4.79 Å². The molecule has 0 unspecified atom stereocenters. The van der Waals surface area contributed by atoms with Crippen molar-refractivity contribution in [3.8, 4) is 0 Å². The number of carbonyl (C=O) groups excluding carboxylic acids is 1. The lowest BCUT2D eigenvalue weighted by molar-refractivity contribution is 0.169. The van der Waals surface area contributed by atoms with Gasteiger partial charge in [0, 0.05) is 0 Å². The number of ether oxygens (including phenoxy) is 1. The summed E-state index contributed by atoms with van der Waals surface area (Å²) < 4.78 is 4.47. The highest BCUT2D eigenvalue weighted by Gasteiger charge is 1.85. The second-order valence-electron chi connectivity index (χ2n) is 2.28. The molecule has 0 saturated heterocycles. The lowest BCUT2D eigenvalue weighted by Crippen LogP contribution is -2.12. The van der Waals surface area contributed by atoms with E-state index in [9.17, 15) is 4.79 Å². The van der Waals surface area contributed by atoms with Gasteiger partial charge in [0.2, 0.25) is 0 Å². The van der Waals surface area contributed by atoms with Gasteiger partial charge in [0.15, 0.2) is 0 Å². The molecule has 2 N–H and O–H groups in total. The normalized spacial score (nSPS) is 11.1. The first-order valence-corrected chi connectivity index (χ1v) is 4.01. The second kappa shape index (κ2) is 7.85. The maximum Gasteiger partial charge on any atom is 0.404 e. The molecule has 0 aliphatic rings. The molecule has 0 rings (SSSR count). The Balaban J connectivity index is 3.30. The highest BCUT2D eigenvalue weighted by molar-refractivity contribution is 5.64. The molecular formula is C9H15NO2. The lowest BCUT2D eigenvalue weighted by Gasteiger charge is -1.92. The van der Waals surface area contributed by atoms with Gasteiger partial charge in [0.25, 0.3) is 0 Å². The Morgan fingerprint density at radius 2 is 2.08 bits per heavy atom. The van der Waals surface area contributed by atoms with Crippen LogP contribution in [-0.2, 0) is 4.74 Å². The van der Waals surface area contributed by atoms with E-state index >= 15 is 0 Å². The molecule has 68 valence electrons. The van der Waals surface area contributed by atoms with Crippen LogP contribution in [0.25, 0.3) is 0 Å². The van der Waals surface area contributed by atoms with E-state index in [4.69, 9.17) is 5.73 Å². The molecule has 0 aromatic rings. The largest absolute Gasteiger partial charge is 0.445 e. The summed E-state index contributed by atoms with van der Waals surface area (Å²) in [6.45, 7) is 2.36. The van der Waals surface area contributed by atoms with Crippen molar-refractivity contribution >= 4 is 6.09 Å². The predicted molar refractivity (Wildman–Crippen MR) is 48.7 cm³/mol. The summed E-state index contributed by atoms with van der Waals surface area (Å²) in [7, 11) is 0. The fraction of sp³-hybridized carbons (Fsp3) is 0.444. The van der Waals surface area contributed by atoms with E-state index in [0.717, 1.165) is 12.8 Å². The summed E-state index contributed by atoms with van der Waals surface area (Å²) in [5, 5.41) is 0. The summed E-state index contributed by atoms with van der Waals surface area (Å²) >= 11 is 0. The van der Waals surface area contributed by atoms with Crippen molar-refractivity contribution in [2.75, 3.05) is 6.61 Å². The van der Waals surface area contributed by atoms with Crippen molar-refractivity contribution in [1.82, 2.24) is 0 Å². The fourth-order valence-electron chi connectivity index (χ4n) is 0.606. The monoisotopic (exact) mass is 169 g/mol. The van der Waals surface area contributed by atoms with Crippen LogP contribution in [0.15, 0.2) is 24.3 Å². The molecule has 1 amide bonds. The van der Waals surface area contributed by atoms with Gasteiger partial charge in [-0.05, 0) is 12.5 Å². The third-order valence-electron chi connectivity index (χ3n) is 1.16. The van der Waals surface area contributed by atoms with Crippen molar-refractivity contribution in [1.29, 1.82) is 0 Å². The first kappa shape index (κ1) is 10.8. The van der Waals surface area contributed by atoms with E-state index in [1.54, 1.807) is 6.08 Å². The molecule has 0 aliphatic carbocycles. The molecule has 0 heterocycles. The van der Waals surface area contributed by atoms with E-state index in [0.29, 0.717) is 0 Å². The van der Waals surface area contributed by atoms with Crippen molar-refractivity contribution in [3.63, 3.8) is 0 Å². The summed E-state index contributed by atoms with van der Waals surface area (Å²) in [5.74, 6) is 0. The molecule has 0 spiro atoms. The van der Waals surface area contributed by atoms with Crippen LogP contribution >= 0.6 is 0 Å². The second-order valence-corrected chi connectivity index (χ2v) is 2.28. The predicted octanol–water partition coefficient (Wildman–Crippen LogP) is 1.99. The van der Waals surface area contributed by atoms with Gasteiger partial charge < -0.3 is 10.5 Å². The van der Waals surface area contributed by atoms with E-state index in [1.807, 2.05) is 12.2 Å². The van der Waals surface area contributed by atoms with E-state index < -0.39 is 6.09 Å². The smallest absolute Gasteiger partial charge is 0.404 e. The van der Waals surface area contributed by atoms with E-state index in [1.165, 1.54) is 0 Å². The Bertz CT molecular complexity index is 173. The molecule has 3 heteroatoms. The average Bonchev–Trinajstić information content (AvgIpc) is 2.02. The molecule has 0 aromatic heterocycles. The molecule has 12 heavy (non-hydrogen) atoms. The van der Waals surface area contributed by atoms with Crippen molar-refractivity contribution in [3.05, 3.63) is 24.3 Å². The summed E-state index contributed by atoms with van der Waals surface area (Å²) in [4.78, 5) is 10.1. The Kier molecular flexibility index (Phi) is 7.03. The van der Waals surface area contributed by atoms with Crippen molar-refractivity contribution in [2.24, 2.45) is 5.73 Å². The highest BCUT2D eigenvalue weighted by Crippen LogP contribution is 1.88. The SMILES string of the molecule is CCC/C=C/C=C/COC(N)=O. The Hall–Kier alpha value is -1.25. The minimum atomic E-state index is -0.739. The average molecular weight is 169 g/mol. The van der Waals surface area contributed by atoms with Crippen LogP contribution < -0.4 is 5.73 Å². The molecule has 0 fully saturated rings. The third-order valence-corrected chi connectivity index (χ3v) is 1.16. The number of hydrogen-bond donors (Lipinski definition) is 1. The molecule has 3 nitrogen and oxygen atoms in total. The first-order chi connectivity index (χ1) is 5.77. The van der Waals surface area contributed by atoms with Crippen molar-refractivity contribution in [2.45, 2.75) is 19.8 Å². The summed E-state index contributed by atoms with van der Waals surface area (Å²) in [6, 6.07) is 0. The van der Waals surface area contributed by atoms with Gasteiger partial charge in [-0.1, -0.05) is 31.6 Å².